The Hall–Kier alpha value is -2.64. The lowest BCUT2D eigenvalue weighted by molar-refractivity contribution is -0.115. The van der Waals surface area contributed by atoms with Gasteiger partial charge in [0.05, 0.1) is 23.5 Å². The predicted molar refractivity (Wildman–Crippen MR) is 126 cm³/mol. The van der Waals surface area contributed by atoms with E-state index in [1.807, 2.05) is 61.5 Å². The number of nitrogens with one attached hydrogen (secondary N) is 1. The Morgan fingerprint density at radius 2 is 1.94 bits per heavy atom. The summed E-state index contributed by atoms with van der Waals surface area (Å²) < 4.78 is 11.4. The zero-order valence-electron chi connectivity index (χ0n) is 17.2. The van der Waals surface area contributed by atoms with E-state index in [1.54, 1.807) is 18.0 Å². The van der Waals surface area contributed by atoms with Crippen LogP contribution in [0.4, 0.5) is 5.69 Å². The van der Waals surface area contributed by atoms with Gasteiger partial charge in [0.1, 0.15) is 0 Å². The third-order valence-corrected chi connectivity index (χ3v) is 6.73. The van der Waals surface area contributed by atoms with Gasteiger partial charge in [-0.25, -0.2) is 4.98 Å². The highest BCUT2D eigenvalue weighted by atomic mass is 32.2. The first-order valence-corrected chi connectivity index (χ1v) is 12.0. The van der Waals surface area contributed by atoms with Crippen molar-refractivity contribution in [1.29, 1.82) is 0 Å². The predicted octanol–water partition coefficient (Wildman–Crippen LogP) is 5.65. The number of pyridine rings is 1. The van der Waals surface area contributed by atoms with Crippen molar-refractivity contribution >= 4 is 35.1 Å². The number of benzene rings is 2. The molecule has 0 unspecified atom stereocenters. The number of hydrogen-bond donors (Lipinski definition) is 1. The fourth-order valence-corrected chi connectivity index (χ4v) is 4.75. The highest BCUT2D eigenvalue weighted by Gasteiger charge is 2.17. The van der Waals surface area contributed by atoms with E-state index in [0.29, 0.717) is 13.2 Å². The van der Waals surface area contributed by atoms with Crippen molar-refractivity contribution in [2.24, 2.45) is 0 Å². The molecule has 4 rings (SSSR count). The monoisotopic (exact) mass is 452 g/mol. The van der Waals surface area contributed by atoms with Gasteiger partial charge < -0.3 is 14.8 Å². The average Bonchev–Trinajstić information content (AvgIpc) is 3.04. The van der Waals surface area contributed by atoms with Crippen molar-refractivity contribution in [1.82, 2.24) is 4.98 Å². The molecule has 160 valence electrons. The fourth-order valence-electron chi connectivity index (χ4n) is 3.05. The molecule has 7 heteroatoms. The molecule has 5 nitrogen and oxygen atoms in total. The molecule has 2 aromatic carbocycles. The van der Waals surface area contributed by atoms with Crippen LogP contribution in [-0.2, 0) is 10.5 Å². The Kier molecular flexibility index (Phi) is 7.38. The van der Waals surface area contributed by atoms with Gasteiger partial charge in [-0.1, -0.05) is 18.2 Å². The molecule has 0 aliphatic carbocycles. The molecule has 31 heavy (non-hydrogen) atoms. The van der Waals surface area contributed by atoms with E-state index in [1.165, 1.54) is 11.8 Å². The summed E-state index contributed by atoms with van der Waals surface area (Å²) in [6.07, 6.45) is 2.66. The van der Waals surface area contributed by atoms with Crippen LogP contribution in [0.15, 0.2) is 76.8 Å². The van der Waals surface area contributed by atoms with E-state index >= 15 is 0 Å². The number of carbonyl (C=O) groups excluding carboxylic acids is 1. The first-order valence-electron chi connectivity index (χ1n) is 10.2. The first-order chi connectivity index (χ1) is 15.2. The van der Waals surface area contributed by atoms with Crippen LogP contribution in [-0.4, -0.2) is 29.4 Å². The van der Waals surface area contributed by atoms with Crippen LogP contribution in [0.3, 0.4) is 0 Å². The first kappa shape index (κ1) is 21.6. The Labute approximate surface area is 190 Å². The molecular formula is C24H24N2O3S2. The van der Waals surface area contributed by atoms with Gasteiger partial charge >= 0.3 is 0 Å². The number of hydrogen-bond acceptors (Lipinski definition) is 6. The van der Waals surface area contributed by atoms with Crippen LogP contribution in [0.1, 0.15) is 18.9 Å². The molecule has 3 aromatic rings. The summed E-state index contributed by atoms with van der Waals surface area (Å²) >= 11 is 3.17. The maximum Gasteiger partial charge on any atom is 0.237 e. The minimum atomic E-state index is -0.253. The molecule has 1 aliphatic heterocycles. The maximum absolute atomic E-state index is 12.7. The van der Waals surface area contributed by atoms with Crippen LogP contribution in [0, 0.1) is 0 Å². The van der Waals surface area contributed by atoms with Gasteiger partial charge in [0.25, 0.3) is 0 Å². The molecule has 0 spiro atoms. The summed E-state index contributed by atoms with van der Waals surface area (Å²) in [6, 6.07) is 19.7. The molecule has 1 amide bonds. The molecule has 1 aliphatic rings. The lowest BCUT2D eigenvalue weighted by Gasteiger charge is -2.14. The molecule has 2 heterocycles. The standard InChI is InChI=1S/C24H24N2O3S2/c1-17(31-20-9-10-21-22(15-20)29-13-5-12-28-21)24(27)26-19-7-4-6-18(14-19)16-30-23-8-2-3-11-25-23/h2-4,6-11,14-15,17H,5,12-13,16H2,1H3,(H,26,27)/t17-/m1/s1. The van der Waals surface area contributed by atoms with E-state index in [9.17, 15) is 4.79 Å². The second-order valence-electron chi connectivity index (χ2n) is 7.07. The summed E-state index contributed by atoms with van der Waals surface area (Å²) in [7, 11) is 0. The van der Waals surface area contributed by atoms with E-state index in [0.717, 1.165) is 44.8 Å². The number of thioether (sulfide) groups is 2. The largest absolute Gasteiger partial charge is 0.490 e. The maximum atomic E-state index is 12.7. The van der Waals surface area contributed by atoms with Gasteiger partial charge in [0.15, 0.2) is 11.5 Å². The molecule has 0 radical (unpaired) electrons. The zero-order valence-corrected chi connectivity index (χ0v) is 18.9. The Balaban J connectivity index is 1.34. The number of rotatable bonds is 7. The van der Waals surface area contributed by atoms with Gasteiger partial charge in [0.2, 0.25) is 5.91 Å². The molecule has 1 aromatic heterocycles. The highest BCUT2D eigenvalue weighted by molar-refractivity contribution is 8.00. The van der Waals surface area contributed by atoms with Crippen LogP contribution in [0.2, 0.25) is 0 Å². The van der Waals surface area contributed by atoms with Gasteiger partial charge in [-0.2, -0.15) is 0 Å². The number of anilines is 1. The summed E-state index contributed by atoms with van der Waals surface area (Å²) in [5, 5.41) is 3.76. The zero-order chi connectivity index (χ0) is 21.5. The Morgan fingerprint density at radius 1 is 1.06 bits per heavy atom. The average molecular weight is 453 g/mol. The SMILES string of the molecule is C[C@@H](Sc1ccc2c(c1)OCCCO2)C(=O)Nc1cccc(CSc2ccccn2)c1. The Bertz CT molecular complexity index is 1030. The van der Waals surface area contributed by atoms with Crippen molar-refractivity contribution < 1.29 is 14.3 Å². The van der Waals surface area contributed by atoms with E-state index in [-0.39, 0.29) is 11.2 Å². The number of carbonyl (C=O) groups is 1. The minimum absolute atomic E-state index is 0.0355. The van der Waals surface area contributed by atoms with Crippen LogP contribution in [0.5, 0.6) is 11.5 Å². The summed E-state index contributed by atoms with van der Waals surface area (Å²) in [6.45, 7) is 3.22. The van der Waals surface area contributed by atoms with E-state index in [4.69, 9.17) is 9.47 Å². The Morgan fingerprint density at radius 3 is 2.77 bits per heavy atom. The second kappa shape index (κ2) is 10.6. The summed E-state index contributed by atoms with van der Waals surface area (Å²) in [4.78, 5) is 18.1. The molecule has 0 bridgehead atoms. The van der Waals surface area contributed by atoms with Crippen molar-refractivity contribution in [3.05, 3.63) is 72.4 Å². The summed E-state index contributed by atoms with van der Waals surface area (Å²) in [5.41, 5.74) is 1.94. The molecule has 0 fully saturated rings. The number of amides is 1. The van der Waals surface area contributed by atoms with Gasteiger partial charge in [-0.05, 0) is 55.0 Å². The lowest BCUT2D eigenvalue weighted by Crippen LogP contribution is -2.22. The van der Waals surface area contributed by atoms with Crippen molar-refractivity contribution in [3.63, 3.8) is 0 Å². The molecule has 1 atom stereocenters. The van der Waals surface area contributed by atoms with Gasteiger partial charge in [-0.15, -0.1) is 23.5 Å². The third-order valence-electron chi connectivity index (χ3n) is 4.62. The van der Waals surface area contributed by atoms with E-state index in [2.05, 4.69) is 16.4 Å². The third kappa shape index (κ3) is 6.18. The summed E-state index contributed by atoms with van der Waals surface area (Å²) in [5.74, 6) is 2.27. The molecule has 1 N–H and O–H groups in total. The smallest absolute Gasteiger partial charge is 0.237 e. The molecular weight excluding hydrogens is 428 g/mol. The normalized spacial score (nSPS) is 13.8. The van der Waals surface area contributed by atoms with Crippen LogP contribution >= 0.6 is 23.5 Å². The number of ether oxygens (including phenoxy) is 2. The van der Waals surface area contributed by atoms with Crippen LogP contribution in [0.25, 0.3) is 0 Å². The van der Waals surface area contributed by atoms with E-state index < -0.39 is 0 Å². The lowest BCUT2D eigenvalue weighted by atomic mass is 10.2. The highest BCUT2D eigenvalue weighted by Crippen LogP contribution is 2.35. The number of fused-ring (bicyclic) bond motifs is 1. The molecule has 0 saturated heterocycles. The number of aromatic nitrogens is 1. The second-order valence-corrected chi connectivity index (χ2v) is 9.48. The molecule has 0 saturated carbocycles. The minimum Gasteiger partial charge on any atom is -0.490 e. The van der Waals surface area contributed by atoms with Crippen molar-refractivity contribution in [3.8, 4) is 11.5 Å². The van der Waals surface area contributed by atoms with Crippen molar-refractivity contribution in [2.75, 3.05) is 18.5 Å². The quantitative estimate of drug-likeness (QED) is 0.467. The van der Waals surface area contributed by atoms with Gasteiger partial charge in [-0.3, -0.25) is 4.79 Å². The number of nitrogens with zero attached hydrogens (tertiary/aromatic N) is 1. The van der Waals surface area contributed by atoms with Crippen LogP contribution < -0.4 is 14.8 Å². The topological polar surface area (TPSA) is 60.5 Å². The van der Waals surface area contributed by atoms with Gasteiger partial charge in [0, 0.05) is 29.0 Å². The van der Waals surface area contributed by atoms with Crippen molar-refractivity contribution in [2.45, 2.75) is 34.3 Å². The fraction of sp³-hybridized carbons (Fsp3) is 0.250.